The van der Waals surface area contributed by atoms with Gasteiger partial charge < -0.3 is 14.2 Å². The summed E-state index contributed by atoms with van der Waals surface area (Å²) in [6.45, 7) is 6.29. The van der Waals surface area contributed by atoms with Gasteiger partial charge in [-0.3, -0.25) is 14.4 Å². The quantitative estimate of drug-likeness (QED) is 0.0261. The van der Waals surface area contributed by atoms with Crippen molar-refractivity contribution in [3.05, 3.63) is 170 Å². The van der Waals surface area contributed by atoms with Gasteiger partial charge in [0, 0.05) is 19.3 Å². The molecule has 6 heteroatoms. The molecule has 0 spiro atoms. The summed E-state index contributed by atoms with van der Waals surface area (Å²) in [5.74, 6) is -1.02. The summed E-state index contributed by atoms with van der Waals surface area (Å²) in [6.07, 6.45) is 90.8. The fourth-order valence-corrected chi connectivity index (χ4v) is 7.35. The van der Waals surface area contributed by atoms with Crippen molar-refractivity contribution in [3.63, 3.8) is 0 Å². The summed E-state index contributed by atoms with van der Waals surface area (Å²) in [6, 6.07) is 0. The van der Waals surface area contributed by atoms with Crippen molar-refractivity contribution in [2.75, 3.05) is 13.2 Å². The lowest BCUT2D eigenvalue weighted by Gasteiger charge is -2.18. The van der Waals surface area contributed by atoms with Crippen LogP contribution in [0.2, 0.25) is 0 Å². The van der Waals surface area contributed by atoms with Gasteiger partial charge in [-0.2, -0.15) is 0 Å². The summed E-state index contributed by atoms with van der Waals surface area (Å²) in [7, 11) is 0. The lowest BCUT2D eigenvalue weighted by atomic mass is 10.1. The van der Waals surface area contributed by atoms with Crippen LogP contribution in [0.25, 0.3) is 0 Å². The van der Waals surface area contributed by atoms with Crippen molar-refractivity contribution in [2.45, 2.75) is 232 Å². The normalized spacial score (nSPS) is 13.4. The Morgan fingerprint density at radius 2 is 0.533 bits per heavy atom. The summed E-state index contributed by atoms with van der Waals surface area (Å²) >= 11 is 0. The molecule has 0 aliphatic carbocycles. The first-order valence-electron chi connectivity index (χ1n) is 29.6. The standard InChI is InChI=1S/C69H106O6/c1-4-7-10-13-16-19-21-23-25-27-29-30-31-32-33-34-35-36-37-38-40-41-43-45-47-50-53-56-59-62-68(71)74-65-66(64-73-67(70)61-58-55-52-49-18-15-12-9-6-3)75-69(72)63-60-57-54-51-48-46-44-42-39-28-26-24-22-20-17-14-11-8-5-2/h7-8,10-11,16-17,19-20,23-26,29-30,32-33,35-36,38-40,42-43,45-46,48,50,53,66H,4-6,9,12-15,18,21-22,27-28,31,34,37,41,44,47,49,51-52,54-65H2,1-3H3/b10-7-,11-8-,19-16-,20-17-,25-23-,26-24-,30-29-,33-32-,36-35-,40-38-,42-39-,45-43-,48-46-,53-50-. The van der Waals surface area contributed by atoms with Crippen molar-refractivity contribution in [3.8, 4) is 0 Å². The van der Waals surface area contributed by atoms with Gasteiger partial charge in [0.05, 0.1) is 0 Å². The van der Waals surface area contributed by atoms with Gasteiger partial charge in [-0.05, 0) is 128 Å². The van der Waals surface area contributed by atoms with E-state index in [0.29, 0.717) is 19.3 Å². The van der Waals surface area contributed by atoms with E-state index in [4.69, 9.17) is 14.2 Å². The molecular formula is C69H106O6. The van der Waals surface area contributed by atoms with Crippen LogP contribution in [0.3, 0.4) is 0 Å². The average Bonchev–Trinajstić information content (AvgIpc) is 3.41. The summed E-state index contributed by atoms with van der Waals surface area (Å²) in [4.78, 5) is 38.1. The van der Waals surface area contributed by atoms with Crippen molar-refractivity contribution in [1.29, 1.82) is 0 Å². The Hall–Kier alpha value is -5.23. The zero-order valence-electron chi connectivity index (χ0n) is 47.7. The molecule has 0 heterocycles. The maximum atomic E-state index is 12.8. The number of unbranched alkanes of at least 4 members (excludes halogenated alkanes) is 12. The topological polar surface area (TPSA) is 78.9 Å². The van der Waals surface area contributed by atoms with Crippen LogP contribution >= 0.6 is 0 Å². The lowest BCUT2D eigenvalue weighted by molar-refractivity contribution is -0.167. The zero-order chi connectivity index (χ0) is 54.3. The highest BCUT2D eigenvalue weighted by Crippen LogP contribution is 2.13. The van der Waals surface area contributed by atoms with E-state index in [2.05, 4.69) is 191 Å². The average molecular weight is 1030 g/mol. The first-order valence-corrected chi connectivity index (χ1v) is 29.6. The molecule has 0 aliphatic rings. The van der Waals surface area contributed by atoms with Gasteiger partial charge in [0.2, 0.25) is 0 Å². The number of esters is 3. The molecular weight excluding hydrogens is 925 g/mol. The molecule has 1 atom stereocenters. The Morgan fingerprint density at radius 3 is 0.867 bits per heavy atom. The predicted octanol–water partition coefficient (Wildman–Crippen LogP) is 20.3. The maximum Gasteiger partial charge on any atom is 0.306 e. The first kappa shape index (κ1) is 69.8. The Balaban J connectivity index is 4.45. The second-order valence-corrected chi connectivity index (χ2v) is 18.8. The zero-order valence-corrected chi connectivity index (χ0v) is 47.7. The monoisotopic (exact) mass is 1030 g/mol. The first-order chi connectivity index (χ1) is 37.0. The van der Waals surface area contributed by atoms with Gasteiger partial charge in [-0.15, -0.1) is 0 Å². The minimum Gasteiger partial charge on any atom is -0.462 e. The molecule has 0 N–H and O–H groups in total. The lowest BCUT2D eigenvalue weighted by Crippen LogP contribution is -2.30. The molecule has 418 valence electrons. The minimum absolute atomic E-state index is 0.116. The van der Waals surface area contributed by atoms with Gasteiger partial charge in [0.15, 0.2) is 6.10 Å². The fraction of sp³-hybridized carbons (Fsp3) is 0.551. The van der Waals surface area contributed by atoms with Gasteiger partial charge in [-0.25, -0.2) is 0 Å². The molecule has 0 radical (unpaired) electrons. The van der Waals surface area contributed by atoms with E-state index in [1.165, 1.54) is 38.5 Å². The number of ether oxygens (including phenoxy) is 3. The van der Waals surface area contributed by atoms with Gasteiger partial charge in [0.25, 0.3) is 0 Å². The van der Waals surface area contributed by atoms with Crippen molar-refractivity contribution in [2.24, 2.45) is 0 Å². The SMILES string of the molecule is CC/C=C\C/C=C\C/C=C\C/C=C\C/C=C\C/C=C\C/C=C\C/C=C\C/C=C\CCCC(=O)OCC(COC(=O)CCCCCCCCCCC)OC(=O)CCCCC/C=C\C/C=C\C/C=C\C/C=C\C/C=C\CC. The van der Waals surface area contributed by atoms with Gasteiger partial charge in [0.1, 0.15) is 13.2 Å². The molecule has 0 aliphatic heterocycles. The van der Waals surface area contributed by atoms with Crippen molar-refractivity contribution in [1.82, 2.24) is 0 Å². The number of carbonyl (C=O) groups excluding carboxylic acids is 3. The van der Waals surface area contributed by atoms with Crippen LogP contribution in [-0.4, -0.2) is 37.2 Å². The Morgan fingerprint density at radius 1 is 0.280 bits per heavy atom. The van der Waals surface area contributed by atoms with E-state index in [1.807, 2.05) is 0 Å². The molecule has 75 heavy (non-hydrogen) atoms. The molecule has 0 rings (SSSR count). The minimum atomic E-state index is -0.826. The number of hydrogen-bond donors (Lipinski definition) is 0. The summed E-state index contributed by atoms with van der Waals surface area (Å²) in [5, 5.41) is 0. The maximum absolute atomic E-state index is 12.8. The van der Waals surface area contributed by atoms with E-state index in [-0.39, 0.29) is 44.0 Å². The molecule has 0 aromatic rings. The Labute approximate surface area is 460 Å². The van der Waals surface area contributed by atoms with Gasteiger partial charge in [-0.1, -0.05) is 249 Å². The second kappa shape index (κ2) is 61.3. The van der Waals surface area contributed by atoms with Crippen LogP contribution in [-0.2, 0) is 28.6 Å². The van der Waals surface area contributed by atoms with Crippen LogP contribution in [0.1, 0.15) is 226 Å². The summed E-state index contributed by atoms with van der Waals surface area (Å²) in [5.41, 5.74) is 0. The van der Waals surface area contributed by atoms with E-state index in [1.54, 1.807) is 0 Å². The molecule has 0 amide bonds. The van der Waals surface area contributed by atoms with Crippen molar-refractivity contribution < 1.29 is 28.6 Å². The van der Waals surface area contributed by atoms with Gasteiger partial charge >= 0.3 is 17.9 Å². The number of hydrogen-bond acceptors (Lipinski definition) is 6. The van der Waals surface area contributed by atoms with E-state index >= 15 is 0 Å². The largest absolute Gasteiger partial charge is 0.462 e. The van der Waals surface area contributed by atoms with E-state index < -0.39 is 6.10 Å². The Bertz CT molecular complexity index is 1750. The van der Waals surface area contributed by atoms with E-state index in [0.717, 1.165) is 135 Å². The van der Waals surface area contributed by atoms with Crippen LogP contribution in [0.15, 0.2) is 170 Å². The Kier molecular flexibility index (Phi) is 57.0. The third-order valence-electron chi connectivity index (χ3n) is 11.7. The van der Waals surface area contributed by atoms with Crippen LogP contribution in [0.5, 0.6) is 0 Å². The molecule has 0 bridgehead atoms. The van der Waals surface area contributed by atoms with Crippen molar-refractivity contribution >= 4 is 17.9 Å². The van der Waals surface area contributed by atoms with E-state index in [9.17, 15) is 14.4 Å². The number of carbonyl (C=O) groups is 3. The van der Waals surface area contributed by atoms with Crippen LogP contribution in [0.4, 0.5) is 0 Å². The third kappa shape index (κ3) is 59.5. The predicted molar refractivity (Wildman–Crippen MR) is 325 cm³/mol. The molecule has 0 aromatic heterocycles. The molecule has 6 nitrogen and oxygen atoms in total. The molecule has 0 aromatic carbocycles. The third-order valence-corrected chi connectivity index (χ3v) is 11.7. The molecule has 0 saturated heterocycles. The number of allylic oxidation sites excluding steroid dienone is 28. The highest BCUT2D eigenvalue weighted by Gasteiger charge is 2.19. The number of rotatable bonds is 51. The van der Waals surface area contributed by atoms with Crippen LogP contribution < -0.4 is 0 Å². The molecule has 0 saturated carbocycles. The second-order valence-electron chi connectivity index (χ2n) is 18.8. The highest BCUT2D eigenvalue weighted by molar-refractivity contribution is 5.71. The van der Waals surface area contributed by atoms with Crippen LogP contribution in [0, 0.1) is 0 Å². The molecule has 0 fully saturated rings. The highest BCUT2D eigenvalue weighted by atomic mass is 16.6. The fourth-order valence-electron chi connectivity index (χ4n) is 7.35. The summed E-state index contributed by atoms with van der Waals surface area (Å²) < 4.78 is 16.7. The smallest absolute Gasteiger partial charge is 0.306 e. The molecule has 1 unspecified atom stereocenters.